The molecular formula is C9H15ClN2. The van der Waals surface area contributed by atoms with Gasteiger partial charge in [0.05, 0.1) is 6.07 Å². The molecule has 12 heavy (non-hydrogen) atoms. The van der Waals surface area contributed by atoms with Gasteiger partial charge in [-0.15, -0.1) is 11.6 Å². The third-order valence-electron chi connectivity index (χ3n) is 1.61. The van der Waals surface area contributed by atoms with E-state index in [4.69, 9.17) is 16.9 Å². The van der Waals surface area contributed by atoms with Gasteiger partial charge in [0.15, 0.2) is 0 Å². The molecule has 0 amide bonds. The van der Waals surface area contributed by atoms with Crippen molar-refractivity contribution in [1.29, 1.82) is 5.26 Å². The number of likely N-dealkylation sites (N-methyl/N-ethyl adjacent to an activating group) is 1. The summed E-state index contributed by atoms with van der Waals surface area (Å²) >= 11 is 5.47. The molecule has 0 heterocycles. The summed E-state index contributed by atoms with van der Waals surface area (Å²) in [5, 5.41) is 8.37. The van der Waals surface area contributed by atoms with Crippen molar-refractivity contribution in [3.8, 4) is 6.07 Å². The van der Waals surface area contributed by atoms with Gasteiger partial charge in [0.25, 0.3) is 0 Å². The summed E-state index contributed by atoms with van der Waals surface area (Å²) in [5.41, 5.74) is 0. The summed E-state index contributed by atoms with van der Waals surface area (Å²) in [6.07, 6.45) is 4.56. The monoisotopic (exact) mass is 186 g/mol. The molecule has 3 heteroatoms. The number of allylic oxidation sites excluding steroid dienone is 1. The smallest absolute Gasteiger partial charge is 0.0635 e. The largest absolute Gasteiger partial charge is 0.299 e. The van der Waals surface area contributed by atoms with Crippen molar-refractivity contribution in [3.05, 3.63) is 12.2 Å². The Kier molecular flexibility index (Phi) is 8.20. The zero-order valence-electron chi connectivity index (χ0n) is 7.46. The van der Waals surface area contributed by atoms with Gasteiger partial charge in [0.1, 0.15) is 0 Å². The normalized spacial score (nSPS) is 10.8. The summed E-state index contributed by atoms with van der Waals surface area (Å²) in [4.78, 5) is 2.20. The highest BCUT2D eigenvalue weighted by molar-refractivity contribution is 6.18. The third-order valence-corrected chi connectivity index (χ3v) is 1.78. The fraction of sp³-hybridized carbons (Fsp3) is 0.667. The molecule has 0 unspecified atom stereocenters. The van der Waals surface area contributed by atoms with E-state index < -0.39 is 0 Å². The third kappa shape index (κ3) is 6.21. The maximum atomic E-state index is 8.37. The van der Waals surface area contributed by atoms with Crippen molar-refractivity contribution in [1.82, 2.24) is 4.90 Å². The first-order chi connectivity index (χ1) is 5.85. The summed E-state index contributed by atoms with van der Waals surface area (Å²) in [7, 11) is 0. The van der Waals surface area contributed by atoms with Crippen LogP contribution in [0.25, 0.3) is 0 Å². The minimum atomic E-state index is 0.565. The first-order valence-corrected chi connectivity index (χ1v) is 4.68. The Morgan fingerprint density at radius 1 is 1.50 bits per heavy atom. The van der Waals surface area contributed by atoms with E-state index in [0.717, 1.165) is 19.6 Å². The van der Waals surface area contributed by atoms with Crippen molar-refractivity contribution < 1.29 is 0 Å². The van der Waals surface area contributed by atoms with Crippen LogP contribution < -0.4 is 0 Å². The molecule has 0 rings (SSSR count). The number of hydrogen-bond donors (Lipinski definition) is 0. The first kappa shape index (κ1) is 11.5. The highest BCUT2D eigenvalue weighted by Crippen LogP contribution is 1.91. The number of halogens is 1. The Labute approximate surface area is 79.4 Å². The summed E-state index contributed by atoms with van der Waals surface area (Å²) < 4.78 is 0. The quantitative estimate of drug-likeness (QED) is 0.469. The Morgan fingerprint density at radius 2 is 2.25 bits per heavy atom. The second-order valence-corrected chi connectivity index (χ2v) is 2.74. The van der Waals surface area contributed by atoms with Crippen LogP contribution in [0.5, 0.6) is 0 Å². The van der Waals surface area contributed by atoms with Crippen LogP contribution in [0, 0.1) is 11.3 Å². The molecule has 0 saturated carbocycles. The lowest BCUT2D eigenvalue weighted by Crippen LogP contribution is -2.24. The number of alkyl halides is 1. The van der Waals surface area contributed by atoms with E-state index in [1.807, 2.05) is 12.2 Å². The fourth-order valence-corrected chi connectivity index (χ4v) is 0.999. The first-order valence-electron chi connectivity index (χ1n) is 4.15. The standard InChI is InChI=1S/C9H15ClN2/c1-2-12(9-5-7-11)8-4-3-6-10/h3-4H,2,5-6,8-9H2,1H3. The zero-order chi connectivity index (χ0) is 9.23. The maximum absolute atomic E-state index is 8.37. The van der Waals surface area contributed by atoms with Crippen molar-refractivity contribution in [2.24, 2.45) is 0 Å². The van der Waals surface area contributed by atoms with E-state index in [1.54, 1.807) is 0 Å². The molecule has 0 aliphatic rings. The summed E-state index contributed by atoms with van der Waals surface area (Å²) in [6, 6.07) is 2.13. The lowest BCUT2D eigenvalue weighted by atomic mass is 10.4. The van der Waals surface area contributed by atoms with Gasteiger partial charge in [0.2, 0.25) is 0 Å². The van der Waals surface area contributed by atoms with E-state index in [0.29, 0.717) is 12.3 Å². The van der Waals surface area contributed by atoms with Gasteiger partial charge >= 0.3 is 0 Å². The Hall–Kier alpha value is -0.520. The van der Waals surface area contributed by atoms with E-state index in [-0.39, 0.29) is 0 Å². The lowest BCUT2D eigenvalue weighted by molar-refractivity contribution is 0.327. The Bertz CT molecular complexity index is 160. The van der Waals surface area contributed by atoms with Crippen LogP contribution in [0.15, 0.2) is 12.2 Å². The predicted molar refractivity (Wildman–Crippen MR) is 52.2 cm³/mol. The van der Waals surface area contributed by atoms with Gasteiger partial charge < -0.3 is 0 Å². The molecule has 0 saturated heterocycles. The molecule has 0 aromatic heterocycles. The second-order valence-electron chi connectivity index (χ2n) is 2.43. The van der Waals surface area contributed by atoms with Crippen LogP contribution >= 0.6 is 11.6 Å². The lowest BCUT2D eigenvalue weighted by Gasteiger charge is -2.15. The van der Waals surface area contributed by atoms with E-state index in [2.05, 4.69) is 17.9 Å². The van der Waals surface area contributed by atoms with Crippen LogP contribution in [0.2, 0.25) is 0 Å². The highest BCUT2D eigenvalue weighted by Gasteiger charge is 1.97. The summed E-state index contributed by atoms with van der Waals surface area (Å²) in [5.74, 6) is 0.565. The van der Waals surface area contributed by atoms with Crippen LogP contribution in [-0.2, 0) is 0 Å². The van der Waals surface area contributed by atoms with E-state index >= 15 is 0 Å². The SMILES string of the molecule is CCN(CC=CCCl)CCC#N. The zero-order valence-corrected chi connectivity index (χ0v) is 8.22. The second kappa shape index (κ2) is 8.58. The molecular weight excluding hydrogens is 172 g/mol. The predicted octanol–water partition coefficient (Wildman–Crippen LogP) is 2.02. The van der Waals surface area contributed by atoms with Gasteiger partial charge in [-0.05, 0) is 6.54 Å². The molecule has 0 aliphatic heterocycles. The van der Waals surface area contributed by atoms with Crippen LogP contribution in [0.3, 0.4) is 0 Å². The molecule has 0 spiro atoms. The molecule has 68 valence electrons. The van der Waals surface area contributed by atoms with E-state index in [1.165, 1.54) is 0 Å². The average Bonchev–Trinajstić information content (AvgIpc) is 2.11. The molecule has 0 bridgehead atoms. The Morgan fingerprint density at radius 3 is 2.75 bits per heavy atom. The number of hydrogen-bond acceptors (Lipinski definition) is 2. The minimum absolute atomic E-state index is 0.565. The van der Waals surface area contributed by atoms with Crippen molar-refractivity contribution in [3.63, 3.8) is 0 Å². The minimum Gasteiger partial charge on any atom is -0.299 e. The van der Waals surface area contributed by atoms with Gasteiger partial charge in [-0.3, -0.25) is 4.90 Å². The van der Waals surface area contributed by atoms with Gasteiger partial charge in [-0.25, -0.2) is 0 Å². The van der Waals surface area contributed by atoms with Crippen LogP contribution in [0.4, 0.5) is 0 Å². The molecule has 0 aliphatic carbocycles. The number of nitrogens with zero attached hydrogens (tertiary/aromatic N) is 2. The molecule has 0 fully saturated rings. The highest BCUT2D eigenvalue weighted by atomic mass is 35.5. The van der Waals surface area contributed by atoms with Crippen molar-refractivity contribution >= 4 is 11.6 Å². The molecule has 2 nitrogen and oxygen atoms in total. The molecule has 0 radical (unpaired) electrons. The van der Waals surface area contributed by atoms with Gasteiger partial charge in [-0.2, -0.15) is 5.26 Å². The average molecular weight is 187 g/mol. The summed E-state index contributed by atoms with van der Waals surface area (Å²) in [6.45, 7) is 4.81. The molecule has 0 aromatic rings. The fourth-order valence-electron chi connectivity index (χ4n) is 0.873. The molecule has 0 aromatic carbocycles. The maximum Gasteiger partial charge on any atom is 0.0635 e. The molecule has 0 N–H and O–H groups in total. The van der Waals surface area contributed by atoms with Gasteiger partial charge in [-0.1, -0.05) is 19.1 Å². The van der Waals surface area contributed by atoms with Crippen LogP contribution in [-0.4, -0.2) is 30.4 Å². The van der Waals surface area contributed by atoms with Gasteiger partial charge in [0, 0.05) is 25.4 Å². The topological polar surface area (TPSA) is 27.0 Å². The number of nitriles is 1. The van der Waals surface area contributed by atoms with E-state index in [9.17, 15) is 0 Å². The molecule has 0 atom stereocenters. The van der Waals surface area contributed by atoms with Crippen molar-refractivity contribution in [2.75, 3.05) is 25.5 Å². The number of rotatable bonds is 6. The van der Waals surface area contributed by atoms with Crippen LogP contribution in [0.1, 0.15) is 13.3 Å². The van der Waals surface area contributed by atoms with Crippen molar-refractivity contribution in [2.45, 2.75) is 13.3 Å². The Balaban J connectivity index is 3.54.